The van der Waals surface area contributed by atoms with Gasteiger partial charge in [0, 0.05) is 13.1 Å². The van der Waals surface area contributed by atoms with Gasteiger partial charge >= 0.3 is 0 Å². The molecule has 0 saturated heterocycles. The Hall–Kier alpha value is -2.61. The number of hydrogen-bond acceptors (Lipinski definition) is 4. The van der Waals surface area contributed by atoms with Gasteiger partial charge in [-0.3, -0.25) is 14.2 Å². The van der Waals surface area contributed by atoms with Crippen molar-refractivity contribution in [1.29, 1.82) is 0 Å². The van der Waals surface area contributed by atoms with E-state index in [9.17, 15) is 13.2 Å². The molecule has 1 amide bonds. The minimum Gasteiger partial charge on any atom is -0.349 e. The van der Waals surface area contributed by atoms with E-state index in [1.165, 1.54) is 17.0 Å². The van der Waals surface area contributed by atoms with Gasteiger partial charge in [0.25, 0.3) is 15.9 Å². The molecule has 1 aliphatic carbocycles. The van der Waals surface area contributed by atoms with Gasteiger partial charge in [0.1, 0.15) is 5.56 Å². The predicted molar refractivity (Wildman–Crippen MR) is 91.7 cm³/mol. The van der Waals surface area contributed by atoms with Gasteiger partial charge in [0.05, 0.1) is 11.6 Å². The van der Waals surface area contributed by atoms with Gasteiger partial charge in [-0.25, -0.2) is 8.42 Å². The number of hydrogen-bond donors (Lipinski definition) is 2. The van der Waals surface area contributed by atoms with Gasteiger partial charge in [-0.1, -0.05) is 30.3 Å². The number of aromatic nitrogens is 2. The Morgan fingerprint density at radius 3 is 2.67 bits per heavy atom. The highest BCUT2D eigenvalue weighted by Gasteiger charge is 2.27. The van der Waals surface area contributed by atoms with E-state index in [-0.39, 0.29) is 23.3 Å². The lowest BCUT2D eigenvalue weighted by molar-refractivity contribution is 0.0952. The maximum absolute atomic E-state index is 12.3. The fourth-order valence-corrected chi connectivity index (χ4v) is 3.03. The SMILES string of the molecule is Cn1ncc(C(=O)NC2CC2)c1NS(=O)(=O)C=Cc1ccccc1. The third-order valence-electron chi connectivity index (χ3n) is 3.57. The van der Waals surface area contributed by atoms with Crippen molar-refractivity contribution < 1.29 is 13.2 Å². The van der Waals surface area contributed by atoms with E-state index in [4.69, 9.17) is 0 Å². The lowest BCUT2D eigenvalue weighted by atomic mass is 10.2. The number of sulfonamides is 1. The molecule has 2 N–H and O–H groups in total. The summed E-state index contributed by atoms with van der Waals surface area (Å²) >= 11 is 0. The van der Waals surface area contributed by atoms with Crippen LogP contribution < -0.4 is 10.0 Å². The lowest BCUT2D eigenvalue weighted by Gasteiger charge is -2.08. The zero-order valence-corrected chi connectivity index (χ0v) is 14.0. The Labute approximate surface area is 140 Å². The van der Waals surface area contributed by atoms with Crippen molar-refractivity contribution in [1.82, 2.24) is 15.1 Å². The number of anilines is 1. The van der Waals surface area contributed by atoms with Crippen LogP contribution in [-0.4, -0.2) is 30.1 Å². The first-order chi connectivity index (χ1) is 11.4. The zero-order chi connectivity index (χ0) is 17.2. The summed E-state index contributed by atoms with van der Waals surface area (Å²) in [5.41, 5.74) is 0.973. The highest BCUT2D eigenvalue weighted by Crippen LogP contribution is 2.22. The smallest absolute Gasteiger partial charge is 0.256 e. The van der Waals surface area contributed by atoms with E-state index < -0.39 is 10.0 Å². The maximum Gasteiger partial charge on any atom is 0.256 e. The molecule has 0 bridgehead atoms. The quantitative estimate of drug-likeness (QED) is 0.833. The third-order valence-corrected chi connectivity index (χ3v) is 4.55. The second kappa shape index (κ2) is 6.48. The summed E-state index contributed by atoms with van der Waals surface area (Å²) in [5.74, 6) is -0.179. The molecule has 2 aromatic rings. The molecule has 126 valence electrons. The predicted octanol–water partition coefficient (Wildman–Crippen LogP) is 1.72. The first kappa shape index (κ1) is 16.3. The summed E-state index contributed by atoms with van der Waals surface area (Å²) in [4.78, 5) is 12.2. The molecule has 0 spiro atoms. The number of aryl methyl sites for hydroxylation is 1. The van der Waals surface area contributed by atoms with E-state index in [1.807, 2.05) is 18.2 Å². The van der Waals surface area contributed by atoms with Gasteiger partial charge in [0.15, 0.2) is 5.82 Å². The van der Waals surface area contributed by atoms with Crippen LogP contribution in [0.3, 0.4) is 0 Å². The highest BCUT2D eigenvalue weighted by molar-refractivity contribution is 7.95. The van der Waals surface area contributed by atoms with Crippen LogP contribution in [-0.2, 0) is 17.1 Å². The fourth-order valence-electron chi connectivity index (χ4n) is 2.12. The van der Waals surface area contributed by atoms with Gasteiger partial charge in [-0.2, -0.15) is 5.10 Å². The molecule has 0 unspecified atom stereocenters. The van der Waals surface area contributed by atoms with Crippen LogP contribution in [0, 0.1) is 0 Å². The first-order valence-corrected chi connectivity index (χ1v) is 9.08. The van der Waals surface area contributed by atoms with E-state index >= 15 is 0 Å². The van der Waals surface area contributed by atoms with Crippen molar-refractivity contribution in [2.75, 3.05) is 4.72 Å². The topological polar surface area (TPSA) is 93.1 Å². The van der Waals surface area contributed by atoms with Gasteiger partial charge in [0.2, 0.25) is 0 Å². The molecule has 1 aromatic heterocycles. The number of carbonyl (C=O) groups is 1. The number of rotatable bonds is 6. The van der Waals surface area contributed by atoms with Gasteiger partial charge in [-0.15, -0.1) is 0 Å². The largest absolute Gasteiger partial charge is 0.349 e. The summed E-state index contributed by atoms with van der Waals surface area (Å²) in [6.45, 7) is 0. The van der Waals surface area contributed by atoms with Crippen LogP contribution in [0.4, 0.5) is 5.82 Å². The molecule has 1 aromatic carbocycles. The molecule has 0 atom stereocenters. The molecule has 1 fully saturated rings. The molecule has 1 saturated carbocycles. The first-order valence-electron chi connectivity index (χ1n) is 7.53. The second-order valence-corrected chi connectivity index (χ2v) is 7.21. The minimum atomic E-state index is -3.77. The average Bonchev–Trinajstić information content (AvgIpc) is 3.30. The Balaban J connectivity index is 1.78. The van der Waals surface area contributed by atoms with E-state index in [2.05, 4.69) is 15.1 Å². The van der Waals surface area contributed by atoms with Crippen molar-refractivity contribution in [3.05, 3.63) is 53.1 Å². The summed E-state index contributed by atoms with van der Waals surface area (Å²) in [5, 5.41) is 7.86. The Bertz CT molecular complexity index is 868. The number of benzene rings is 1. The maximum atomic E-state index is 12.3. The standard InChI is InChI=1S/C16H18N4O3S/c1-20-15(14(11-17-20)16(21)18-13-7-8-13)19-24(22,23)10-9-12-5-3-2-4-6-12/h2-6,9-11,13,19H,7-8H2,1H3,(H,18,21). The van der Waals surface area contributed by atoms with Crippen LogP contribution in [0.1, 0.15) is 28.8 Å². The normalized spacial score (nSPS) is 14.7. The summed E-state index contributed by atoms with van der Waals surface area (Å²) in [6.07, 6.45) is 4.75. The van der Waals surface area contributed by atoms with Crippen LogP contribution >= 0.6 is 0 Å². The molecule has 3 rings (SSSR count). The number of nitrogens with one attached hydrogen (secondary N) is 2. The number of nitrogens with zero attached hydrogens (tertiary/aromatic N) is 2. The minimum absolute atomic E-state index is 0.144. The molecule has 7 nitrogen and oxygen atoms in total. The van der Waals surface area contributed by atoms with E-state index in [0.29, 0.717) is 0 Å². The molecule has 8 heteroatoms. The molecule has 24 heavy (non-hydrogen) atoms. The third kappa shape index (κ3) is 4.02. The molecular weight excluding hydrogens is 328 g/mol. The molecule has 1 aliphatic rings. The molecule has 1 heterocycles. The van der Waals surface area contributed by atoms with Gasteiger partial charge < -0.3 is 5.32 Å². The summed E-state index contributed by atoms with van der Waals surface area (Å²) < 4.78 is 28.3. The van der Waals surface area contributed by atoms with Crippen molar-refractivity contribution in [2.24, 2.45) is 7.05 Å². The van der Waals surface area contributed by atoms with Gasteiger partial charge in [-0.05, 0) is 24.5 Å². The van der Waals surface area contributed by atoms with Crippen LogP contribution in [0.2, 0.25) is 0 Å². The zero-order valence-electron chi connectivity index (χ0n) is 13.1. The average molecular weight is 346 g/mol. The summed E-state index contributed by atoms with van der Waals surface area (Å²) in [6, 6.07) is 9.27. The number of carbonyl (C=O) groups excluding carboxylic acids is 1. The Morgan fingerprint density at radius 1 is 1.29 bits per heavy atom. The summed E-state index contributed by atoms with van der Waals surface area (Å²) in [7, 11) is -2.19. The van der Waals surface area contributed by atoms with Crippen LogP contribution in [0.15, 0.2) is 41.9 Å². The van der Waals surface area contributed by atoms with Crippen molar-refractivity contribution in [2.45, 2.75) is 18.9 Å². The fraction of sp³-hybridized carbons (Fsp3) is 0.250. The van der Waals surface area contributed by atoms with Crippen LogP contribution in [0.5, 0.6) is 0 Å². The van der Waals surface area contributed by atoms with E-state index in [0.717, 1.165) is 23.8 Å². The van der Waals surface area contributed by atoms with Crippen molar-refractivity contribution >= 4 is 27.8 Å². The highest BCUT2D eigenvalue weighted by atomic mass is 32.2. The second-order valence-electron chi connectivity index (χ2n) is 5.64. The van der Waals surface area contributed by atoms with Crippen molar-refractivity contribution in [3.8, 4) is 0 Å². The van der Waals surface area contributed by atoms with E-state index in [1.54, 1.807) is 19.2 Å². The molecule has 0 aliphatic heterocycles. The Kier molecular flexibility index (Phi) is 4.39. The van der Waals surface area contributed by atoms with Crippen molar-refractivity contribution in [3.63, 3.8) is 0 Å². The number of amides is 1. The van der Waals surface area contributed by atoms with Crippen LogP contribution in [0.25, 0.3) is 6.08 Å². The Morgan fingerprint density at radius 2 is 2.00 bits per heavy atom. The molecule has 0 radical (unpaired) electrons. The monoisotopic (exact) mass is 346 g/mol. The lowest BCUT2D eigenvalue weighted by Crippen LogP contribution is -2.26. The molecular formula is C16H18N4O3S.